The highest BCUT2D eigenvalue weighted by atomic mass is 32.2. The average Bonchev–Trinajstić information content (AvgIpc) is 3.34. The first-order valence-electron chi connectivity index (χ1n) is 9.90. The van der Waals surface area contributed by atoms with Crippen molar-refractivity contribution < 1.29 is 8.78 Å². The van der Waals surface area contributed by atoms with Crippen LogP contribution in [-0.4, -0.2) is 32.8 Å². The number of rotatable bonds is 7. The normalized spacial score (nSPS) is 15.7. The predicted molar refractivity (Wildman–Crippen MR) is 111 cm³/mol. The zero-order valence-electron chi connectivity index (χ0n) is 16.4. The van der Waals surface area contributed by atoms with Crippen LogP contribution >= 0.6 is 11.8 Å². The molecule has 29 heavy (non-hydrogen) atoms. The lowest BCUT2D eigenvalue weighted by molar-refractivity contribution is 0.316. The number of hydrogen-bond acceptors (Lipinski definition) is 4. The molecule has 1 unspecified atom stereocenters. The molecule has 0 bridgehead atoms. The molecule has 1 aromatic heterocycles. The molecule has 0 radical (unpaired) electrons. The van der Waals surface area contributed by atoms with E-state index in [0.717, 1.165) is 42.2 Å². The van der Waals surface area contributed by atoms with E-state index in [1.54, 1.807) is 0 Å². The summed E-state index contributed by atoms with van der Waals surface area (Å²) >= 11 is 1.45. The number of aromatic nitrogens is 3. The lowest BCUT2D eigenvalue weighted by atomic mass is 10.1. The van der Waals surface area contributed by atoms with E-state index in [-0.39, 0.29) is 5.25 Å². The second-order valence-electron chi connectivity index (χ2n) is 7.38. The maximum absolute atomic E-state index is 14.2. The van der Waals surface area contributed by atoms with Crippen molar-refractivity contribution >= 4 is 11.8 Å². The number of halogens is 2. The van der Waals surface area contributed by atoms with Gasteiger partial charge in [-0.25, -0.2) is 8.78 Å². The van der Waals surface area contributed by atoms with Gasteiger partial charge in [0.1, 0.15) is 17.5 Å². The van der Waals surface area contributed by atoms with Gasteiger partial charge in [-0.1, -0.05) is 48.2 Å². The first-order chi connectivity index (χ1) is 14.1. The molecule has 152 valence electrons. The van der Waals surface area contributed by atoms with E-state index in [4.69, 9.17) is 0 Å². The standard InChI is InChI=1S/C22H24F2N4S/c1-16(19-10-9-18(23)13-20(19)24)29-22-26-25-21(15-27-11-5-6-12-27)28(22)14-17-7-3-2-4-8-17/h2-4,7-10,13,16H,5-6,11-12,14-15H2,1H3. The maximum atomic E-state index is 14.2. The van der Waals surface area contributed by atoms with Gasteiger partial charge in [0.15, 0.2) is 5.16 Å². The van der Waals surface area contributed by atoms with Gasteiger partial charge < -0.3 is 4.57 Å². The molecule has 0 saturated carbocycles. The molecule has 3 aromatic rings. The number of thioether (sulfide) groups is 1. The quantitative estimate of drug-likeness (QED) is 0.507. The third-order valence-electron chi connectivity index (χ3n) is 5.22. The van der Waals surface area contributed by atoms with E-state index in [1.165, 1.54) is 36.7 Å². The fourth-order valence-electron chi connectivity index (χ4n) is 3.64. The monoisotopic (exact) mass is 414 g/mol. The summed E-state index contributed by atoms with van der Waals surface area (Å²) in [5, 5.41) is 9.41. The van der Waals surface area contributed by atoms with Crippen LogP contribution in [0, 0.1) is 11.6 Å². The lowest BCUT2D eigenvalue weighted by Gasteiger charge is -2.17. The van der Waals surface area contributed by atoms with Crippen LogP contribution in [0.2, 0.25) is 0 Å². The second-order valence-corrected chi connectivity index (χ2v) is 8.69. The number of likely N-dealkylation sites (tertiary alicyclic amines) is 1. The molecule has 0 aliphatic carbocycles. The Kier molecular flexibility index (Phi) is 6.25. The first kappa shape index (κ1) is 20.0. The van der Waals surface area contributed by atoms with Crippen LogP contribution in [0.5, 0.6) is 0 Å². The van der Waals surface area contributed by atoms with Crippen LogP contribution in [0.25, 0.3) is 0 Å². The van der Waals surface area contributed by atoms with E-state index in [9.17, 15) is 8.78 Å². The molecular weight excluding hydrogens is 390 g/mol. The Balaban J connectivity index is 1.60. The molecule has 0 amide bonds. The molecule has 4 nitrogen and oxygen atoms in total. The van der Waals surface area contributed by atoms with Crippen molar-refractivity contribution in [1.29, 1.82) is 0 Å². The summed E-state index contributed by atoms with van der Waals surface area (Å²) in [6, 6.07) is 13.9. The smallest absolute Gasteiger partial charge is 0.192 e. The van der Waals surface area contributed by atoms with E-state index in [2.05, 4.69) is 31.8 Å². The van der Waals surface area contributed by atoms with Gasteiger partial charge in [-0.05, 0) is 44.5 Å². The molecule has 2 aromatic carbocycles. The van der Waals surface area contributed by atoms with Crippen LogP contribution in [0.15, 0.2) is 53.7 Å². The largest absolute Gasteiger partial charge is 0.300 e. The van der Waals surface area contributed by atoms with Crippen molar-refractivity contribution in [2.75, 3.05) is 13.1 Å². The third kappa shape index (κ3) is 4.85. The van der Waals surface area contributed by atoms with Gasteiger partial charge in [-0.3, -0.25) is 4.90 Å². The van der Waals surface area contributed by atoms with E-state index in [1.807, 2.05) is 25.1 Å². The number of benzene rings is 2. The second kappa shape index (κ2) is 9.05. The summed E-state index contributed by atoms with van der Waals surface area (Å²) in [7, 11) is 0. The summed E-state index contributed by atoms with van der Waals surface area (Å²) in [5.41, 5.74) is 1.63. The van der Waals surface area contributed by atoms with E-state index >= 15 is 0 Å². The third-order valence-corrected chi connectivity index (χ3v) is 6.34. The van der Waals surface area contributed by atoms with Gasteiger partial charge in [0.2, 0.25) is 0 Å². The molecule has 1 atom stereocenters. The molecule has 1 fully saturated rings. The van der Waals surface area contributed by atoms with E-state index in [0.29, 0.717) is 12.1 Å². The molecular formula is C22H24F2N4S. The van der Waals surface area contributed by atoms with Gasteiger partial charge in [0.25, 0.3) is 0 Å². The van der Waals surface area contributed by atoms with E-state index < -0.39 is 11.6 Å². The van der Waals surface area contributed by atoms with Gasteiger partial charge in [-0.2, -0.15) is 0 Å². The first-order valence-corrected chi connectivity index (χ1v) is 10.8. The van der Waals surface area contributed by atoms with Crippen molar-refractivity contribution in [2.45, 2.75) is 43.3 Å². The van der Waals surface area contributed by atoms with Gasteiger partial charge in [0, 0.05) is 16.9 Å². The van der Waals surface area contributed by atoms with Crippen molar-refractivity contribution in [1.82, 2.24) is 19.7 Å². The zero-order chi connectivity index (χ0) is 20.2. The molecule has 1 saturated heterocycles. The van der Waals surface area contributed by atoms with Crippen molar-refractivity contribution in [3.05, 3.63) is 77.1 Å². The molecule has 1 aliphatic heterocycles. The Morgan fingerprint density at radius 1 is 1.00 bits per heavy atom. The summed E-state index contributed by atoms with van der Waals surface area (Å²) in [4.78, 5) is 2.39. The summed E-state index contributed by atoms with van der Waals surface area (Å²) < 4.78 is 29.6. The van der Waals surface area contributed by atoms with Gasteiger partial charge >= 0.3 is 0 Å². The summed E-state index contributed by atoms with van der Waals surface area (Å²) in [5.74, 6) is -0.176. The highest BCUT2D eigenvalue weighted by Gasteiger charge is 2.21. The average molecular weight is 415 g/mol. The van der Waals surface area contributed by atoms with Crippen molar-refractivity contribution in [3.8, 4) is 0 Å². The zero-order valence-corrected chi connectivity index (χ0v) is 17.2. The minimum atomic E-state index is -0.566. The van der Waals surface area contributed by atoms with Crippen molar-refractivity contribution in [2.24, 2.45) is 0 Å². The Hall–Kier alpha value is -2.25. The van der Waals surface area contributed by atoms with Crippen LogP contribution in [-0.2, 0) is 13.1 Å². The van der Waals surface area contributed by atoms with Gasteiger partial charge in [0.05, 0.1) is 13.1 Å². The topological polar surface area (TPSA) is 34.0 Å². The fraction of sp³-hybridized carbons (Fsp3) is 0.364. The Morgan fingerprint density at radius 2 is 1.76 bits per heavy atom. The van der Waals surface area contributed by atoms with Crippen molar-refractivity contribution in [3.63, 3.8) is 0 Å². The predicted octanol–water partition coefficient (Wildman–Crippen LogP) is 5.05. The van der Waals surface area contributed by atoms with Gasteiger partial charge in [-0.15, -0.1) is 10.2 Å². The highest BCUT2D eigenvalue weighted by molar-refractivity contribution is 7.99. The Labute approximate surface area is 174 Å². The fourth-order valence-corrected chi connectivity index (χ4v) is 4.66. The SMILES string of the molecule is CC(Sc1nnc(CN2CCCC2)n1Cc1ccccc1)c1ccc(F)cc1F. The van der Waals surface area contributed by atoms with Crippen LogP contribution in [0.4, 0.5) is 8.78 Å². The molecule has 0 N–H and O–H groups in total. The van der Waals surface area contributed by atoms with Crippen LogP contribution < -0.4 is 0 Å². The van der Waals surface area contributed by atoms with Crippen LogP contribution in [0.1, 0.15) is 42.0 Å². The van der Waals surface area contributed by atoms with Crippen LogP contribution in [0.3, 0.4) is 0 Å². The number of hydrogen-bond donors (Lipinski definition) is 0. The summed E-state index contributed by atoms with van der Waals surface area (Å²) in [6.45, 7) is 5.50. The number of nitrogens with zero attached hydrogens (tertiary/aromatic N) is 4. The molecule has 2 heterocycles. The Morgan fingerprint density at radius 3 is 2.48 bits per heavy atom. The molecule has 4 rings (SSSR count). The maximum Gasteiger partial charge on any atom is 0.192 e. The highest BCUT2D eigenvalue weighted by Crippen LogP contribution is 2.36. The summed E-state index contributed by atoms with van der Waals surface area (Å²) in [6.07, 6.45) is 2.44. The molecule has 7 heteroatoms. The minimum absolute atomic E-state index is 0.214. The molecule has 1 aliphatic rings. The lowest BCUT2D eigenvalue weighted by Crippen LogP contribution is -2.21. The molecule has 0 spiro atoms. The Bertz CT molecular complexity index is 955. The minimum Gasteiger partial charge on any atom is -0.300 e.